The summed E-state index contributed by atoms with van der Waals surface area (Å²) in [6, 6.07) is 3.53. The van der Waals surface area contributed by atoms with Crippen molar-refractivity contribution in [2.24, 2.45) is 0 Å². The van der Waals surface area contributed by atoms with E-state index in [4.69, 9.17) is 23.2 Å². The molecule has 0 spiro atoms. The molecule has 1 nitrogen and oxygen atoms in total. The molecule has 1 fully saturated rings. The molecule has 0 unspecified atom stereocenters. The molecule has 0 aliphatic heterocycles. The third-order valence-corrected chi connectivity index (χ3v) is 3.92. The Balaban J connectivity index is 1.99. The largest absolute Gasteiger partial charge is 0.314 e. The molecule has 1 aromatic carbocycles. The molecule has 94 valence electrons. The SMILES string of the molecule is CCCNC1CC(c2cc(F)c(Cl)cc2Cl)C1. The first-order valence-corrected chi connectivity index (χ1v) is 6.75. The second-order valence-corrected chi connectivity index (χ2v) is 5.42. The smallest absolute Gasteiger partial charge is 0.142 e. The molecule has 1 aromatic rings. The van der Waals surface area contributed by atoms with E-state index in [0.717, 1.165) is 31.4 Å². The number of nitrogens with one attached hydrogen (secondary N) is 1. The number of hydrogen-bond acceptors (Lipinski definition) is 1. The van der Waals surface area contributed by atoms with E-state index in [-0.39, 0.29) is 10.8 Å². The summed E-state index contributed by atoms with van der Waals surface area (Å²) in [6.07, 6.45) is 3.19. The maximum absolute atomic E-state index is 13.4. The van der Waals surface area contributed by atoms with Gasteiger partial charge in [0.1, 0.15) is 5.82 Å². The fraction of sp³-hybridized carbons (Fsp3) is 0.538. The second kappa shape index (κ2) is 5.55. The molecule has 2 rings (SSSR count). The van der Waals surface area contributed by atoms with Crippen molar-refractivity contribution in [2.75, 3.05) is 6.54 Å². The van der Waals surface area contributed by atoms with E-state index in [1.54, 1.807) is 0 Å². The Hall–Kier alpha value is -0.310. The van der Waals surface area contributed by atoms with Crippen molar-refractivity contribution >= 4 is 23.2 Å². The molecular weight excluding hydrogens is 260 g/mol. The molecule has 1 aliphatic carbocycles. The Morgan fingerprint density at radius 2 is 2.00 bits per heavy atom. The summed E-state index contributed by atoms with van der Waals surface area (Å²) in [5.41, 5.74) is 0.892. The molecule has 0 radical (unpaired) electrons. The van der Waals surface area contributed by atoms with Crippen molar-refractivity contribution < 1.29 is 4.39 Å². The van der Waals surface area contributed by atoms with Crippen molar-refractivity contribution in [2.45, 2.75) is 38.1 Å². The molecule has 1 saturated carbocycles. The first kappa shape index (κ1) is 13.1. The Morgan fingerprint density at radius 3 is 2.65 bits per heavy atom. The average molecular weight is 276 g/mol. The molecule has 1 N–H and O–H groups in total. The van der Waals surface area contributed by atoms with Crippen LogP contribution in [0.2, 0.25) is 10.0 Å². The molecule has 0 aromatic heterocycles. The molecule has 0 bridgehead atoms. The molecule has 0 amide bonds. The highest BCUT2D eigenvalue weighted by atomic mass is 35.5. The Morgan fingerprint density at radius 1 is 1.29 bits per heavy atom. The third-order valence-electron chi connectivity index (χ3n) is 3.30. The summed E-state index contributed by atoms with van der Waals surface area (Å²) in [5, 5.41) is 4.13. The fourth-order valence-electron chi connectivity index (χ4n) is 2.24. The van der Waals surface area contributed by atoms with E-state index in [0.29, 0.717) is 17.0 Å². The quantitative estimate of drug-likeness (QED) is 0.805. The first-order valence-electron chi connectivity index (χ1n) is 5.99. The molecule has 17 heavy (non-hydrogen) atoms. The number of benzene rings is 1. The van der Waals surface area contributed by atoms with Crippen LogP contribution in [0.1, 0.15) is 37.7 Å². The first-order chi connectivity index (χ1) is 8.11. The molecule has 0 atom stereocenters. The van der Waals surface area contributed by atoms with Gasteiger partial charge in [0, 0.05) is 11.1 Å². The molecule has 1 aliphatic rings. The van der Waals surface area contributed by atoms with Crippen LogP contribution in [0.5, 0.6) is 0 Å². The van der Waals surface area contributed by atoms with Crippen LogP contribution in [-0.2, 0) is 0 Å². The van der Waals surface area contributed by atoms with Crippen LogP contribution in [0, 0.1) is 5.82 Å². The van der Waals surface area contributed by atoms with Crippen LogP contribution in [-0.4, -0.2) is 12.6 Å². The Bertz CT molecular complexity index is 403. The van der Waals surface area contributed by atoms with Crippen LogP contribution in [0.15, 0.2) is 12.1 Å². The van der Waals surface area contributed by atoms with E-state index < -0.39 is 0 Å². The fourth-order valence-corrected chi connectivity index (χ4v) is 2.78. The van der Waals surface area contributed by atoms with Gasteiger partial charge in [-0.25, -0.2) is 4.39 Å². The highest BCUT2D eigenvalue weighted by molar-refractivity contribution is 6.35. The van der Waals surface area contributed by atoms with Crippen LogP contribution in [0.4, 0.5) is 4.39 Å². The average Bonchev–Trinajstić information content (AvgIpc) is 2.23. The van der Waals surface area contributed by atoms with Crippen LogP contribution < -0.4 is 5.32 Å². The third kappa shape index (κ3) is 2.93. The summed E-state index contributed by atoms with van der Waals surface area (Å²) >= 11 is 11.8. The lowest BCUT2D eigenvalue weighted by Crippen LogP contribution is -2.40. The van der Waals surface area contributed by atoms with Gasteiger partial charge in [-0.15, -0.1) is 0 Å². The van der Waals surface area contributed by atoms with Crippen molar-refractivity contribution in [3.8, 4) is 0 Å². The topological polar surface area (TPSA) is 12.0 Å². The number of halogens is 3. The van der Waals surface area contributed by atoms with Crippen LogP contribution in [0.3, 0.4) is 0 Å². The molecule has 0 heterocycles. The van der Waals surface area contributed by atoms with Gasteiger partial charge in [-0.2, -0.15) is 0 Å². The van der Waals surface area contributed by atoms with Crippen LogP contribution in [0.25, 0.3) is 0 Å². The van der Waals surface area contributed by atoms with Crippen molar-refractivity contribution in [1.82, 2.24) is 5.32 Å². The number of rotatable bonds is 4. The van der Waals surface area contributed by atoms with Crippen molar-refractivity contribution in [3.05, 3.63) is 33.6 Å². The Kier molecular flexibility index (Phi) is 4.29. The zero-order chi connectivity index (χ0) is 12.4. The van der Waals surface area contributed by atoms with E-state index in [9.17, 15) is 4.39 Å². The zero-order valence-electron chi connectivity index (χ0n) is 9.77. The molecular formula is C13H16Cl2FN. The monoisotopic (exact) mass is 275 g/mol. The van der Waals surface area contributed by atoms with E-state index >= 15 is 0 Å². The second-order valence-electron chi connectivity index (χ2n) is 4.61. The summed E-state index contributed by atoms with van der Waals surface area (Å²) < 4.78 is 13.4. The van der Waals surface area contributed by atoms with Gasteiger partial charge in [0.05, 0.1) is 5.02 Å². The Labute approximate surface area is 111 Å². The normalized spacial score (nSPS) is 23.5. The standard InChI is InChI=1S/C13H16Cl2FN/c1-2-3-17-9-4-8(5-9)10-6-13(16)12(15)7-11(10)14/h6-9,17H,2-5H2,1H3. The van der Waals surface area contributed by atoms with Gasteiger partial charge in [0.25, 0.3) is 0 Å². The molecule has 0 saturated heterocycles. The maximum Gasteiger partial charge on any atom is 0.142 e. The minimum atomic E-state index is -0.379. The van der Waals surface area contributed by atoms with Crippen molar-refractivity contribution in [3.63, 3.8) is 0 Å². The lowest BCUT2D eigenvalue weighted by molar-refractivity contribution is 0.291. The number of hydrogen-bond donors (Lipinski definition) is 1. The predicted molar refractivity (Wildman–Crippen MR) is 70.5 cm³/mol. The summed E-state index contributed by atoms with van der Waals surface area (Å²) in [4.78, 5) is 0. The lowest BCUT2D eigenvalue weighted by Gasteiger charge is -2.36. The van der Waals surface area contributed by atoms with Gasteiger partial charge < -0.3 is 5.32 Å². The molecule has 4 heteroatoms. The minimum absolute atomic E-state index is 0.0960. The van der Waals surface area contributed by atoms with Gasteiger partial charge in [0.15, 0.2) is 0 Å². The van der Waals surface area contributed by atoms with Crippen molar-refractivity contribution in [1.29, 1.82) is 0 Å². The van der Waals surface area contributed by atoms with Gasteiger partial charge in [0.2, 0.25) is 0 Å². The van der Waals surface area contributed by atoms with Gasteiger partial charge in [-0.1, -0.05) is 30.1 Å². The summed E-state index contributed by atoms with van der Waals surface area (Å²) in [6.45, 7) is 3.19. The zero-order valence-corrected chi connectivity index (χ0v) is 11.3. The van der Waals surface area contributed by atoms with Gasteiger partial charge in [-0.05, 0) is 49.4 Å². The predicted octanol–water partition coefficient (Wildman–Crippen LogP) is 4.38. The summed E-state index contributed by atoms with van der Waals surface area (Å²) in [7, 11) is 0. The lowest BCUT2D eigenvalue weighted by atomic mass is 9.76. The highest BCUT2D eigenvalue weighted by Gasteiger charge is 2.31. The minimum Gasteiger partial charge on any atom is -0.314 e. The van der Waals surface area contributed by atoms with E-state index in [1.165, 1.54) is 12.1 Å². The van der Waals surface area contributed by atoms with Crippen LogP contribution >= 0.6 is 23.2 Å². The van der Waals surface area contributed by atoms with Gasteiger partial charge in [-0.3, -0.25) is 0 Å². The highest BCUT2D eigenvalue weighted by Crippen LogP contribution is 2.41. The maximum atomic E-state index is 13.4. The van der Waals surface area contributed by atoms with Gasteiger partial charge >= 0.3 is 0 Å². The van der Waals surface area contributed by atoms with E-state index in [1.807, 2.05) is 0 Å². The summed E-state index contributed by atoms with van der Waals surface area (Å²) in [5.74, 6) is -0.0142. The van der Waals surface area contributed by atoms with E-state index in [2.05, 4.69) is 12.2 Å².